The van der Waals surface area contributed by atoms with E-state index < -0.39 is 8.07 Å². The summed E-state index contributed by atoms with van der Waals surface area (Å²) in [5.41, 5.74) is 1.49. The third-order valence-electron chi connectivity index (χ3n) is 1.58. The second-order valence-corrected chi connectivity index (χ2v) is 9.70. The van der Waals surface area contributed by atoms with E-state index in [9.17, 15) is 0 Å². The van der Waals surface area contributed by atoms with Gasteiger partial charge in [0.2, 0.25) is 0 Å². The van der Waals surface area contributed by atoms with Crippen LogP contribution in [0.25, 0.3) is 0 Å². The Morgan fingerprint density at radius 1 is 1.00 bits per heavy atom. The molecule has 1 heteroatoms. The van der Waals surface area contributed by atoms with Crippen molar-refractivity contribution in [1.29, 1.82) is 0 Å². The van der Waals surface area contributed by atoms with Gasteiger partial charge >= 0.3 is 0 Å². The van der Waals surface area contributed by atoms with Crippen molar-refractivity contribution in [1.82, 2.24) is 0 Å². The molecule has 0 aliphatic rings. The van der Waals surface area contributed by atoms with Crippen LogP contribution in [0.5, 0.6) is 0 Å². The minimum atomic E-state index is -0.898. The maximum Gasteiger partial charge on any atom is -0.0619 e. The maximum atomic E-state index is 2.40. The highest BCUT2D eigenvalue weighted by Crippen LogP contribution is 2.10. The van der Waals surface area contributed by atoms with Crippen molar-refractivity contribution in [2.45, 2.75) is 25.7 Å². The van der Waals surface area contributed by atoms with Crippen LogP contribution >= 0.6 is 0 Å². The highest BCUT2D eigenvalue weighted by atomic mass is 28.3. The quantitative estimate of drug-likeness (QED) is 0.589. The molecule has 0 saturated carbocycles. The molecule has 0 nitrogen and oxygen atoms in total. The fraction of sp³-hybridized carbons (Fsp3) is 0.400. The van der Waals surface area contributed by atoms with Crippen LogP contribution in [0.4, 0.5) is 0 Å². The van der Waals surface area contributed by atoms with Crippen LogP contribution in [0.2, 0.25) is 19.6 Å². The normalized spacial score (nSPS) is 11.5. The molecule has 1 rings (SSSR count). The lowest BCUT2D eigenvalue weighted by atomic mass is 10.2. The fourth-order valence-electron chi connectivity index (χ4n) is 1.21. The van der Waals surface area contributed by atoms with Crippen molar-refractivity contribution in [2.75, 3.05) is 0 Å². The SMILES string of the molecule is C[Si-](C)(C)Cc1ccccc1. The van der Waals surface area contributed by atoms with Gasteiger partial charge in [-0.05, 0) is 0 Å². The Bertz CT molecular complexity index is 208. The first kappa shape index (κ1) is 8.53. The molecule has 0 radical (unpaired) electrons. The van der Waals surface area contributed by atoms with Crippen molar-refractivity contribution >= 4 is 8.07 Å². The molecule has 0 unspecified atom stereocenters. The summed E-state index contributed by atoms with van der Waals surface area (Å²) in [6.07, 6.45) is 0. The van der Waals surface area contributed by atoms with Crippen molar-refractivity contribution in [2.24, 2.45) is 0 Å². The summed E-state index contributed by atoms with van der Waals surface area (Å²) < 4.78 is 0. The predicted molar refractivity (Wildman–Crippen MR) is 53.5 cm³/mol. The topological polar surface area (TPSA) is 0 Å². The molecule has 0 amide bonds. The minimum absolute atomic E-state index is 0.898. The Balaban J connectivity index is 2.66. The van der Waals surface area contributed by atoms with E-state index >= 15 is 0 Å². The summed E-state index contributed by atoms with van der Waals surface area (Å²) in [5, 5.41) is 0. The zero-order valence-corrected chi connectivity index (χ0v) is 8.59. The summed E-state index contributed by atoms with van der Waals surface area (Å²) in [4.78, 5) is 0. The van der Waals surface area contributed by atoms with E-state index in [1.165, 1.54) is 11.6 Å². The Kier molecular flexibility index (Phi) is 2.50. The van der Waals surface area contributed by atoms with E-state index in [4.69, 9.17) is 0 Å². The van der Waals surface area contributed by atoms with Gasteiger partial charge in [-0.3, -0.25) is 0 Å². The van der Waals surface area contributed by atoms with Gasteiger partial charge in [0.05, 0.1) is 0 Å². The second kappa shape index (κ2) is 3.22. The first-order chi connectivity index (χ1) is 5.08. The first-order valence-electron chi connectivity index (χ1n) is 4.12. The average Bonchev–Trinajstić information content (AvgIpc) is 1.85. The Hall–Kier alpha value is -0.563. The van der Waals surface area contributed by atoms with Crippen LogP contribution in [0.1, 0.15) is 5.56 Å². The number of benzene rings is 1. The average molecular weight is 164 g/mol. The van der Waals surface area contributed by atoms with Crippen molar-refractivity contribution < 1.29 is 0 Å². The number of hydrogen-bond acceptors (Lipinski definition) is 0. The maximum absolute atomic E-state index is 2.40. The van der Waals surface area contributed by atoms with Crippen LogP contribution in [0, 0.1) is 0 Å². The predicted octanol–water partition coefficient (Wildman–Crippen LogP) is 3.11. The first-order valence-corrected chi connectivity index (χ1v) is 7.82. The molecule has 0 N–H and O–H groups in total. The zero-order chi connectivity index (χ0) is 8.32. The summed E-state index contributed by atoms with van der Waals surface area (Å²) in [7, 11) is -0.898. The Morgan fingerprint density at radius 2 is 1.55 bits per heavy atom. The molecule has 0 bridgehead atoms. The number of hydrogen-bond donors (Lipinski definition) is 0. The monoisotopic (exact) mass is 164 g/mol. The lowest BCUT2D eigenvalue weighted by Gasteiger charge is -2.27. The van der Waals surface area contributed by atoms with Gasteiger partial charge in [0, 0.05) is 0 Å². The van der Waals surface area contributed by atoms with Gasteiger partial charge < -0.3 is 0 Å². The fourth-order valence-corrected chi connectivity index (χ4v) is 2.67. The van der Waals surface area contributed by atoms with E-state index in [1.807, 2.05) is 0 Å². The van der Waals surface area contributed by atoms with Gasteiger partial charge in [-0.1, -0.05) is 35.9 Å². The standard InChI is InChI=1S/C10H16Si/c1-11(2,3)9-10-7-5-4-6-8-10/h4-8H,9H2,1-3H3/q-1. The largest absolute Gasteiger partial charge is 0.169 e. The van der Waals surface area contributed by atoms with E-state index in [0.29, 0.717) is 0 Å². The van der Waals surface area contributed by atoms with Gasteiger partial charge in [-0.25, -0.2) is 0 Å². The van der Waals surface area contributed by atoms with Crippen LogP contribution in [-0.4, -0.2) is 8.07 Å². The van der Waals surface area contributed by atoms with Gasteiger partial charge in [-0.2, -0.15) is 19.6 Å². The molecule has 11 heavy (non-hydrogen) atoms. The highest BCUT2D eigenvalue weighted by Gasteiger charge is 2.00. The molecule has 0 spiro atoms. The minimum Gasteiger partial charge on any atom is -0.169 e. The molecule has 61 valence electrons. The third-order valence-corrected chi connectivity index (χ3v) is 3.05. The van der Waals surface area contributed by atoms with E-state index in [1.54, 1.807) is 0 Å². The van der Waals surface area contributed by atoms with Crippen molar-refractivity contribution in [3.8, 4) is 0 Å². The second-order valence-electron chi connectivity index (χ2n) is 4.22. The molecule has 0 heterocycles. The van der Waals surface area contributed by atoms with Crippen molar-refractivity contribution in [3.63, 3.8) is 0 Å². The van der Waals surface area contributed by atoms with E-state index in [0.717, 1.165) is 0 Å². The Labute approximate surface area is 70.3 Å². The lowest BCUT2D eigenvalue weighted by Crippen LogP contribution is -2.23. The van der Waals surface area contributed by atoms with Crippen molar-refractivity contribution in [3.05, 3.63) is 35.9 Å². The smallest absolute Gasteiger partial charge is 0.0619 e. The zero-order valence-electron chi connectivity index (χ0n) is 7.59. The molecule has 0 aliphatic heterocycles. The molecule has 0 aliphatic carbocycles. The van der Waals surface area contributed by atoms with Crippen LogP contribution in [0.3, 0.4) is 0 Å². The summed E-state index contributed by atoms with van der Waals surface area (Å²) in [5.74, 6) is 0. The van der Waals surface area contributed by atoms with Crippen LogP contribution in [0.15, 0.2) is 30.3 Å². The molecule has 1 aromatic carbocycles. The summed E-state index contributed by atoms with van der Waals surface area (Å²) in [6.45, 7) is 7.21. The van der Waals surface area contributed by atoms with Crippen LogP contribution < -0.4 is 0 Å². The molecular weight excluding hydrogens is 148 g/mol. The van der Waals surface area contributed by atoms with Gasteiger partial charge in [0.25, 0.3) is 0 Å². The molecule has 0 saturated heterocycles. The Morgan fingerprint density at radius 3 is 2.00 bits per heavy atom. The van der Waals surface area contributed by atoms with Gasteiger partial charge in [0.1, 0.15) is 0 Å². The van der Waals surface area contributed by atoms with Gasteiger partial charge in [-0.15, -0.1) is 14.1 Å². The lowest BCUT2D eigenvalue weighted by molar-refractivity contribution is 1.31. The molecule has 0 fully saturated rings. The number of rotatable bonds is 2. The summed E-state index contributed by atoms with van der Waals surface area (Å²) >= 11 is 0. The third kappa shape index (κ3) is 3.37. The van der Waals surface area contributed by atoms with Gasteiger partial charge in [0.15, 0.2) is 0 Å². The molecule has 0 atom stereocenters. The molecular formula is C10H16Si-. The van der Waals surface area contributed by atoms with E-state index in [-0.39, 0.29) is 0 Å². The van der Waals surface area contributed by atoms with Crippen LogP contribution in [-0.2, 0) is 6.04 Å². The molecule has 1 aromatic rings. The summed E-state index contributed by atoms with van der Waals surface area (Å²) in [6, 6.07) is 12.1. The highest BCUT2D eigenvalue weighted by molar-refractivity contribution is 6.75. The molecule has 0 aromatic heterocycles. The van der Waals surface area contributed by atoms with E-state index in [2.05, 4.69) is 50.0 Å².